The molecule has 6 heteroatoms. The van der Waals surface area contributed by atoms with E-state index >= 15 is 0 Å². The van der Waals surface area contributed by atoms with Crippen LogP contribution >= 0.6 is 0 Å². The predicted molar refractivity (Wildman–Crippen MR) is 87.7 cm³/mol. The number of nitrogens with two attached hydrogens (primary N) is 1. The van der Waals surface area contributed by atoms with Crippen molar-refractivity contribution in [3.8, 4) is 0 Å². The van der Waals surface area contributed by atoms with Gasteiger partial charge < -0.3 is 5.73 Å². The Morgan fingerprint density at radius 1 is 1.00 bits per heavy atom. The molecule has 21 heavy (non-hydrogen) atoms. The Morgan fingerprint density at radius 3 is 2.19 bits per heavy atom. The van der Waals surface area contributed by atoms with Gasteiger partial charge in [-0.2, -0.15) is 0 Å². The number of nitrogen functional groups attached to an aromatic ring is 1. The Kier molecular flexibility index (Phi) is 3.93. The van der Waals surface area contributed by atoms with Crippen LogP contribution < -0.4 is 14.9 Å². The number of sulfonamides is 1. The number of quaternary nitrogens is 1. The van der Waals surface area contributed by atoms with Gasteiger partial charge >= 0.3 is 0 Å². The highest BCUT2D eigenvalue weighted by atomic mass is 32.2. The third-order valence-corrected chi connectivity index (χ3v) is 4.46. The summed E-state index contributed by atoms with van der Waals surface area (Å²) >= 11 is 0. The largest absolute Gasteiger partial charge is 0.399 e. The van der Waals surface area contributed by atoms with Gasteiger partial charge in [-0.15, -0.1) is 0 Å². The van der Waals surface area contributed by atoms with Crippen molar-refractivity contribution in [2.75, 3.05) is 31.6 Å². The zero-order valence-electron chi connectivity index (χ0n) is 12.4. The van der Waals surface area contributed by atoms with E-state index in [1.165, 1.54) is 12.1 Å². The van der Waals surface area contributed by atoms with Gasteiger partial charge in [-0.25, -0.2) is 8.42 Å². The molecule has 5 nitrogen and oxygen atoms in total. The Labute approximate surface area is 125 Å². The molecule has 3 N–H and O–H groups in total. The first kappa shape index (κ1) is 15.3. The molecule has 0 amide bonds. The van der Waals surface area contributed by atoms with Crippen LogP contribution in [0.25, 0.3) is 0 Å². The van der Waals surface area contributed by atoms with Crippen LogP contribution in [-0.2, 0) is 10.0 Å². The first-order chi connectivity index (χ1) is 9.68. The summed E-state index contributed by atoms with van der Waals surface area (Å²) < 4.78 is 27.8. The fourth-order valence-electron chi connectivity index (χ4n) is 1.85. The number of nitrogens with one attached hydrogen (secondary N) is 1. The van der Waals surface area contributed by atoms with Gasteiger partial charge in [0, 0.05) is 11.8 Å². The summed E-state index contributed by atoms with van der Waals surface area (Å²) in [4.78, 5) is 0.187. The Bertz CT molecular complexity index is 732. The predicted octanol–water partition coefficient (Wildman–Crippen LogP) is 2.27. The molecule has 0 atom stereocenters. The molecule has 0 aliphatic rings. The maximum atomic E-state index is 12.3. The van der Waals surface area contributed by atoms with Gasteiger partial charge in [-0.1, -0.05) is 6.07 Å². The quantitative estimate of drug-likeness (QED) is 0.672. The number of hydrogen-bond acceptors (Lipinski definition) is 3. The lowest BCUT2D eigenvalue weighted by Crippen LogP contribution is -2.34. The fraction of sp³-hybridized carbons (Fsp3) is 0.200. The maximum Gasteiger partial charge on any atom is 0.261 e. The zero-order chi connectivity index (χ0) is 15.7. The number of nitrogens with zero attached hydrogens (tertiary/aromatic N) is 1. The van der Waals surface area contributed by atoms with Crippen LogP contribution in [0.1, 0.15) is 0 Å². The van der Waals surface area contributed by atoms with E-state index in [9.17, 15) is 8.42 Å². The van der Waals surface area contributed by atoms with E-state index in [4.69, 9.17) is 5.73 Å². The monoisotopic (exact) mass is 306 g/mol. The highest BCUT2D eigenvalue weighted by Gasteiger charge is 2.17. The lowest BCUT2D eigenvalue weighted by Gasteiger charge is -2.23. The SMILES string of the molecule is C[N+](C)(C)c1cccc(NS(=O)(=O)c2ccc(N)cc2)c1. The van der Waals surface area contributed by atoms with E-state index in [1.807, 2.05) is 39.3 Å². The molecule has 0 unspecified atom stereocenters. The Balaban J connectivity index is 2.31. The van der Waals surface area contributed by atoms with Crippen LogP contribution in [0, 0.1) is 0 Å². The fourth-order valence-corrected chi connectivity index (χ4v) is 2.90. The van der Waals surface area contributed by atoms with Crippen LogP contribution in [0.3, 0.4) is 0 Å². The van der Waals surface area contributed by atoms with Crippen molar-refractivity contribution in [3.05, 3.63) is 48.5 Å². The number of benzene rings is 2. The second kappa shape index (κ2) is 5.38. The molecule has 2 rings (SSSR count). The van der Waals surface area contributed by atoms with Gasteiger partial charge in [-0.05, 0) is 36.4 Å². The molecule has 0 bridgehead atoms. The average Bonchev–Trinajstić information content (AvgIpc) is 2.38. The average molecular weight is 306 g/mol. The summed E-state index contributed by atoms with van der Waals surface area (Å²) in [6, 6.07) is 13.5. The van der Waals surface area contributed by atoms with Gasteiger partial charge in [0.25, 0.3) is 10.0 Å². The Morgan fingerprint density at radius 2 is 1.62 bits per heavy atom. The van der Waals surface area contributed by atoms with E-state index in [1.54, 1.807) is 18.2 Å². The smallest absolute Gasteiger partial charge is 0.261 e. The van der Waals surface area contributed by atoms with Crippen LogP contribution in [0.15, 0.2) is 53.4 Å². The molecule has 2 aromatic carbocycles. The van der Waals surface area contributed by atoms with Gasteiger partial charge in [-0.3, -0.25) is 9.21 Å². The van der Waals surface area contributed by atoms with Crippen LogP contribution in [0.2, 0.25) is 0 Å². The van der Waals surface area contributed by atoms with Crippen LogP contribution in [0.5, 0.6) is 0 Å². The second-order valence-corrected chi connectivity index (χ2v) is 7.42. The zero-order valence-corrected chi connectivity index (χ0v) is 13.2. The maximum absolute atomic E-state index is 12.3. The molecule has 0 radical (unpaired) electrons. The molecule has 0 fully saturated rings. The minimum atomic E-state index is -3.60. The molecule has 0 aliphatic carbocycles. The highest BCUT2D eigenvalue weighted by Crippen LogP contribution is 2.23. The molecular formula is C15H20N3O2S+. The number of rotatable bonds is 4. The normalized spacial score (nSPS) is 12.1. The summed E-state index contributed by atoms with van der Waals surface area (Å²) in [5.74, 6) is 0. The minimum Gasteiger partial charge on any atom is -0.399 e. The Hall–Kier alpha value is -2.05. The van der Waals surface area contributed by atoms with E-state index < -0.39 is 10.0 Å². The van der Waals surface area contributed by atoms with Gasteiger partial charge in [0.15, 0.2) is 0 Å². The lowest BCUT2D eigenvalue weighted by atomic mass is 10.2. The lowest BCUT2D eigenvalue weighted by molar-refractivity contribution is 0.486. The van der Waals surface area contributed by atoms with Crippen molar-refractivity contribution in [3.63, 3.8) is 0 Å². The number of hydrogen-bond donors (Lipinski definition) is 2. The van der Waals surface area contributed by atoms with Crippen LogP contribution in [-0.4, -0.2) is 29.6 Å². The van der Waals surface area contributed by atoms with E-state index in [0.29, 0.717) is 15.9 Å². The summed E-state index contributed by atoms with van der Waals surface area (Å²) in [5.41, 5.74) is 7.65. The topological polar surface area (TPSA) is 72.2 Å². The van der Waals surface area contributed by atoms with Crippen molar-refractivity contribution in [1.29, 1.82) is 0 Å². The summed E-state index contributed by atoms with van der Waals surface area (Å²) in [5, 5.41) is 0. The second-order valence-electron chi connectivity index (χ2n) is 5.74. The first-order valence-electron chi connectivity index (χ1n) is 6.49. The molecule has 0 saturated carbocycles. The van der Waals surface area contributed by atoms with E-state index in [-0.39, 0.29) is 4.90 Å². The molecule has 2 aromatic rings. The first-order valence-corrected chi connectivity index (χ1v) is 7.97. The summed E-state index contributed by atoms with van der Waals surface area (Å²) in [6.07, 6.45) is 0. The van der Waals surface area contributed by atoms with Gasteiger partial charge in [0.05, 0.1) is 31.7 Å². The van der Waals surface area contributed by atoms with Crippen LogP contribution in [0.4, 0.5) is 17.1 Å². The van der Waals surface area contributed by atoms with Crippen molar-refractivity contribution in [2.45, 2.75) is 4.90 Å². The van der Waals surface area contributed by atoms with Gasteiger partial charge in [0.1, 0.15) is 5.69 Å². The van der Waals surface area contributed by atoms with Crippen molar-refractivity contribution in [1.82, 2.24) is 4.48 Å². The molecule has 0 spiro atoms. The molecule has 0 aliphatic heterocycles. The van der Waals surface area contributed by atoms with E-state index in [0.717, 1.165) is 5.69 Å². The number of anilines is 2. The third-order valence-electron chi connectivity index (χ3n) is 3.06. The molecule has 112 valence electrons. The van der Waals surface area contributed by atoms with Crippen molar-refractivity contribution >= 4 is 27.1 Å². The van der Waals surface area contributed by atoms with Crippen molar-refractivity contribution in [2.24, 2.45) is 0 Å². The molecule has 0 heterocycles. The molecule has 0 saturated heterocycles. The minimum absolute atomic E-state index is 0.187. The highest BCUT2D eigenvalue weighted by molar-refractivity contribution is 7.92. The van der Waals surface area contributed by atoms with Gasteiger partial charge in [0.2, 0.25) is 0 Å². The van der Waals surface area contributed by atoms with Crippen molar-refractivity contribution < 1.29 is 8.42 Å². The summed E-state index contributed by atoms with van der Waals surface area (Å²) in [7, 11) is 2.46. The molecular weight excluding hydrogens is 286 g/mol. The standard InChI is InChI=1S/C15H20N3O2S/c1-18(2,3)14-6-4-5-13(11-14)17-21(19,20)15-9-7-12(16)8-10-15/h4-11,17H,16H2,1-3H3/q+1. The third kappa shape index (κ3) is 3.74. The van der Waals surface area contributed by atoms with E-state index in [2.05, 4.69) is 4.72 Å². The summed E-state index contributed by atoms with van der Waals surface area (Å²) in [6.45, 7) is 0. The molecule has 0 aromatic heterocycles.